The van der Waals surface area contributed by atoms with Gasteiger partial charge in [0.1, 0.15) is 0 Å². The van der Waals surface area contributed by atoms with Crippen LogP contribution in [0.4, 0.5) is 0 Å². The third kappa shape index (κ3) is 7.92. The van der Waals surface area contributed by atoms with E-state index in [1.54, 1.807) is 0 Å². The Morgan fingerprint density at radius 3 is 2.82 bits per heavy atom. The number of rotatable bonds is 7. The van der Waals surface area contributed by atoms with E-state index in [0.717, 1.165) is 19.4 Å². The van der Waals surface area contributed by atoms with Crippen LogP contribution < -0.4 is 0 Å². The fourth-order valence-corrected chi connectivity index (χ4v) is 0.807. The van der Waals surface area contributed by atoms with Gasteiger partial charge in [0.25, 0.3) is 0 Å². The second-order valence-electron chi connectivity index (χ2n) is 2.42. The minimum atomic E-state index is -0.268. The molecule has 0 rings (SSSR count). The van der Waals surface area contributed by atoms with Crippen molar-refractivity contribution in [3.05, 3.63) is 0 Å². The van der Waals surface area contributed by atoms with Gasteiger partial charge < -0.3 is 4.74 Å². The van der Waals surface area contributed by atoms with Gasteiger partial charge in [-0.25, -0.2) is 4.57 Å². The molecule has 3 nitrogen and oxygen atoms in total. The Morgan fingerprint density at radius 2 is 2.27 bits per heavy atom. The Balaban J connectivity index is 3.03. The van der Waals surface area contributed by atoms with Crippen molar-refractivity contribution in [3.8, 4) is 0 Å². The molecule has 0 radical (unpaired) electrons. The van der Waals surface area contributed by atoms with E-state index in [2.05, 4.69) is 6.92 Å². The summed E-state index contributed by atoms with van der Waals surface area (Å²) < 4.78 is 19.9. The first-order valence-corrected chi connectivity index (χ1v) is 4.60. The standard InChI is InChI=1S/C7H15O3P/c1-3-4-5-9-6-7(2)10-11-8/h7H,3-6H2,1-2H3. The summed E-state index contributed by atoms with van der Waals surface area (Å²) in [4.78, 5) is 0. The van der Waals surface area contributed by atoms with E-state index in [9.17, 15) is 4.57 Å². The molecule has 0 saturated heterocycles. The van der Waals surface area contributed by atoms with Crippen LogP contribution in [0.15, 0.2) is 0 Å². The van der Waals surface area contributed by atoms with Gasteiger partial charge in [0.2, 0.25) is 0 Å². The van der Waals surface area contributed by atoms with E-state index in [1.165, 1.54) is 0 Å². The summed E-state index contributed by atoms with van der Waals surface area (Å²) in [5, 5.41) is 0. The zero-order valence-corrected chi connectivity index (χ0v) is 7.97. The van der Waals surface area contributed by atoms with Gasteiger partial charge in [0.15, 0.2) is 0 Å². The second kappa shape index (κ2) is 8.12. The largest absolute Gasteiger partial charge is 0.379 e. The van der Waals surface area contributed by atoms with Crippen LogP contribution in [0.3, 0.4) is 0 Å². The molecule has 0 aliphatic carbocycles. The van der Waals surface area contributed by atoms with Gasteiger partial charge in [-0.05, 0) is 13.3 Å². The Hall–Kier alpha value is 0.0200. The van der Waals surface area contributed by atoms with E-state index >= 15 is 0 Å². The number of ether oxygens (including phenoxy) is 1. The summed E-state index contributed by atoms with van der Waals surface area (Å²) in [5.74, 6) is 0. The van der Waals surface area contributed by atoms with Crippen molar-refractivity contribution in [2.24, 2.45) is 0 Å². The highest BCUT2D eigenvalue weighted by Crippen LogP contribution is 2.02. The molecule has 0 heterocycles. The summed E-state index contributed by atoms with van der Waals surface area (Å²) in [7, 11) is -0.268. The Kier molecular flexibility index (Phi) is 8.13. The van der Waals surface area contributed by atoms with Gasteiger partial charge in [0, 0.05) is 6.61 Å². The van der Waals surface area contributed by atoms with Crippen LogP contribution in [0.1, 0.15) is 26.7 Å². The molecule has 66 valence electrons. The van der Waals surface area contributed by atoms with Crippen LogP contribution in [0.5, 0.6) is 0 Å². The van der Waals surface area contributed by atoms with Crippen molar-refractivity contribution in [2.75, 3.05) is 13.2 Å². The fourth-order valence-electron chi connectivity index (χ4n) is 0.600. The van der Waals surface area contributed by atoms with Crippen molar-refractivity contribution in [1.82, 2.24) is 0 Å². The van der Waals surface area contributed by atoms with E-state index in [0.29, 0.717) is 6.61 Å². The maximum atomic E-state index is 9.92. The molecule has 0 spiro atoms. The van der Waals surface area contributed by atoms with Crippen molar-refractivity contribution >= 4 is 8.69 Å². The Labute approximate surface area is 69.4 Å². The molecule has 0 aromatic carbocycles. The van der Waals surface area contributed by atoms with E-state index < -0.39 is 0 Å². The quantitative estimate of drug-likeness (QED) is 0.443. The van der Waals surface area contributed by atoms with Crippen LogP contribution >= 0.6 is 8.69 Å². The molecule has 0 aliphatic rings. The first kappa shape index (κ1) is 11.0. The highest BCUT2D eigenvalue weighted by Gasteiger charge is 2.00. The van der Waals surface area contributed by atoms with Gasteiger partial charge in [-0.15, -0.1) is 0 Å². The highest BCUT2D eigenvalue weighted by molar-refractivity contribution is 7.17. The van der Waals surface area contributed by atoms with Crippen LogP contribution in [-0.2, 0) is 13.8 Å². The summed E-state index contributed by atoms with van der Waals surface area (Å²) in [6.07, 6.45) is 2.13. The second-order valence-corrected chi connectivity index (χ2v) is 2.78. The lowest BCUT2D eigenvalue weighted by Gasteiger charge is -2.07. The monoisotopic (exact) mass is 178 g/mol. The van der Waals surface area contributed by atoms with Gasteiger partial charge in [-0.3, -0.25) is 4.52 Å². The lowest BCUT2D eigenvalue weighted by atomic mass is 10.4. The normalized spacial score (nSPS) is 13.6. The SMILES string of the molecule is CCCCOCC(C)OP=O. The first-order chi connectivity index (χ1) is 5.31. The molecule has 0 aliphatic heterocycles. The average molecular weight is 178 g/mol. The third-order valence-electron chi connectivity index (χ3n) is 1.22. The summed E-state index contributed by atoms with van der Waals surface area (Å²) in [6.45, 7) is 5.23. The van der Waals surface area contributed by atoms with Gasteiger partial charge in [0.05, 0.1) is 12.7 Å². The molecule has 0 aromatic rings. The lowest BCUT2D eigenvalue weighted by Crippen LogP contribution is -2.12. The molecule has 1 atom stereocenters. The van der Waals surface area contributed by atoms with E-state index in [4.69, 9.17) is 9.26 Å². The highest BCUT2D eigenvalue weighted by atomic mass is 31.1. The smallest absolute Gasteiger partial charge is 0.327 e. The number of unbranched alkanes of at least 4 members (excludes halogenated alkanes) is 1. The minimum Gasteiger partial charge on any atom is -0.379 e. The van der Waals surface area contributed by atoms with Crippen molar-refractivity contribution in [1.29, 1.82) is 0 Å². The Bertz CT molecular complexity index is 97.7. The maximum absolute atomic E-state index is 9.92. The van der Waals surface area contributed by atoms with E-state index in [1.807, 2.05) is 6.92 Å². The molecule has 0 aromatic heterocycles. The molecule has 0 saturated carbocycles. The zero-order chi connectivity index (χ0) is 8.53. The molecular weight excluding hydrogens is 163 g/mol. The average Bonchev–Trinajstić information content (AvgIpc) is 1.99. The molecule has 0 N–H and O–H groups in total. The molecular formula is C7H15O3P. The Morgan fingerprint density at radius 1 is 1.55 bits per heavy atom. The first-order valence-electron chi connectivity index (χ1n) is 3.87. The summed E-state index contributed by atoms with van der Waals surface area (Å²) in [6, 6.07) is 0. The van der Waals surface area contributed by atoms with Crippen molar-refractivity contribution in [2.45, 2.75) is 32.8 Å². The fraction of sp³-hybridized carbons (Fsp3) is 1.00. The lowest BCUT2D eigenvalue weighted by molar-refractivity contribution is 0.0631. The molecule has 4 heteroatoms. The van der Waals surface area contributed by atoms with Gasteiger partial charge in [-0.2, -0.15) is 0 Å². The van der Waals surface area contributed by atoms with Crippen LogP contribution in [0.2, 0.25) is 0 Å². The van der Waals surface area contributed by atoms with Gasteiger partial charge >= 0.3 is 8.69 Å². The molecule has 0 bridgehead atoms. The third-order valence-corrected chi connectivity index (χ3v) is 1.66. The van der Waals surface area contributed by atoms with Crippen molar-refractivity contribution < 1.29 is 13.8 Å². The molecule has 0 fully saturated rings. The topological polar surface area (TPSA) is 35.5 Å². The zero-order valence-electron chi connectivity index (χ0n) is 7.08. The van der Waals surface area contributed by atoms with Crippen LogP contribution in [0, 0.1) is 0 Å². The van der Waals surface area contributed by atoms with Crippen molar-refractivity contribution in [3.63, 3.8) is 0 Å². The van der Waals surface area contributed by atoms with E-state index in [-0.39, 0.29) is 14.8 Å². The summed E-state index contributed by atoms with van der Waals surface area (Å²) in [5.41, 5.74) is 0. The van der Waals surface area contributed by atoms with Crippen LogP contribution in [-0.4, -0.2) is 19.3 Å². The maximum Gasteiger partial charge on any atom is 0.327 e. The molecule has 11 heavy (non-hydrogen) atoms. The predicted octanol–water partition coefficient (Wildman–Crippen LogP) is 2.41. The number of hydrogen-bond acceptors (Lipinski definition) is 3. The number of hydrogen-bond donors (Lipinski definition) is 0. The predicted molar refractivity (Wildman–Crippen MR) is 43.9 cm³/mol. The minimum absolute atomic E-state index is 0.0778. The van der Waals surface area contributed by atoms with Crippen LogP contribution in [0.25, 0.3) is 0 Å². The summed E-state index contributed by atoms with van der Waals surface area (Å²) >= 11 is 0. The van der Waals surface area contributed by atoms with Gasteiger partial charge in [-0.1, -0.05) is 13.3 Å². The molecule has 0 amide bonds. The molecule has 1 unspecified atom stereocenters.